The van der Waals surface area contributed by atoms with E-state index in [4.69, 9.17) is 0 Å². The standard InChI is InChI=1S/C30H49N3O4S/c1-8-13-19-32(18-11-4)28(37)25-30-15-14-29(7,38-30)23(26(35)31(16-9-2)17-10-3)24(30)27(36)33(25)22(20-34)21(6)12-5/h9,11,21-25,34H,2,4,8,10,12-20H2,1,3,5-7H3/t21-,22-,23+,24-,25?,29-,30?/m0/s1. The first-order valence-corrected chi connectivity index (χ1v) is 15.4. The molecule has 3 heterocycles. The van der Waals surface area contributed by atoms with Crippen LogP contribution in [0.25, 0.3) is 0 Å². The van der Waals surface area contributed by atoms with E-state index in [9.17, 15) is 19.5 Å². The molecule has 38 heavy (non-hydrogen) atoms. The van der Waals surface area contributed by atoms with E-state index in [1.54, 1.807) is 28.8 Å². The second-order valence-corrected chi connectivity index (χ2v) is 13.5. The molecular formula is C30H49N3O4S. The third-order valence-corrected chi connectivity index (χ3v) is 11.1. The molecule has 3 fully saturated rings. The fourth-order valence-electron chi connectivity index (χ4n) is 7.07. The average molecular weight is 548 g/mol. The van der Waals surface area contributed by atoms with E-state index in [1.807, 2.05) is 30.6 Å². The summed E-state index contributed by atoms with van der Waals surface area (Å²) in [5.74, 6) is -1.28. The number of rotatable bonds is 15. The number of aliphatic hydroxyl groups is 1. The van der Waals surface area contributed by atoms with E-state index in [2.05, 4.69) is 27.0 Å². The van der Waals surface area contributed by atoms with E-state index >= 15 is 0 Å². The molecule has 3 aliphatic rings. The fraction of sp³-hybridized carbons (Fsp3) is 0.767. The SMILES string of the molecule is C=CCN(CCCC)C(=O)C1N([C@@H](CO)[C@@H](C)CC)C(=O)[C@@H]2[C@H](C(=O)N(CC=C)CCC)[C@]3(C)CCC12S3. The summed E-state index contributed by atoms with van der Waals surface area (Å²) < 4.78 is -1.09. The number of carbonyl (C=O) groups is 3. The van der Waals surface area contributed by atoms with Crippen molar-refractivity contribution in [3.63, 3.8) is 0 Å². The maximum absolute atomic E-state index is 14.5. The zero-order chi connectivity index (χ0) is 28.3. The Balaban J connectivity index is 2.15. The minimum Gasteiger partial charge on any atom is -0.394 e. The molecule has 2 bridgehead atoms. The van der Waals surface area contributed by atoms with Crippen molar-refractivity contribution in [3.8, 4) is 0 Å². The number of amides is 3. The molecule has 0 aliphatic carbocycles. The second kappa shape index (κ2) is 12.6. The Morgan fingerprint density at radius 1 is 1.11 bits per heavy atom. The number of aliphatic hydroxyl groups excluding tert-OH is 1. The van der Waals surface area contributed by atoms with E-state index in [0.29, 0.717) is 32.6 Å². The van der Waals surface area contributed by atoms with Crippen molar-refractivity contribution >= 4 is 29.5 Å². The fourth-order valence-corrected chi connectivity index (χ4v) is 9.40. The summed E-state index contributed by atoms with van der Waals surface area (Å²) in [6, 6.07) is -1.17. The normalized spacial score (nSPS) is 31.2. The lowest BCUT2D eigenvalue weighted by molar-refractivity contribution is -0.148. The Morgan fingerprint density at radius 2 is 1.74 bits per heavy atom. The van der Waals surface area contributed by atoms with Crippen LogP contribution in [-0.2, 0) is 14.4 Å². The van der Waals surface area contributed by atoms with Gasteiger partial charge < -0.3 is 19.8 Å². The number of carbonyl (C=O) groups excluding carboxylic acids is 3. The highest BCUT2D eigenvalue weighted by molar-refractivity contribution is 8.02. The van der Waals surface area contributed by atoms with Crippen LogP contribution in [0.3, 0.4) is 0 Å². The highest BCUT2D eigenvalue weighted by atomic mass is 32.2. The molecule has 3 saturated heterocycles. The molecule has 1 N–H and O–H groups in total. The molecule has 0 aromatic heterocycles. The van der Waals surface area contributed by atoms with Gasteiger partial charge in [-0.2, -0.15) is 0 Å². The van der Waals surface area contributed by atoms with E-state index in [-0.39, 0.29) is 30.2 Å². The highest BCUT2D eigenvalue weighted by Gasteiger charge is 2.78. The van der Waals surface area contributed by atoms with Crippen LogP contribution in [0.15, 0.2) is 25.3 Å². The van der Waals surface area contributed by atoms with Gasteiger partial charge in [0.1, 0.15) is 6.04 Å². The number of hydrogen-bond acceptors (Lipinski definition) is 5. The lowest BCUT2D eigenvalue weighted by Crippen LogP contribution is -2.58. The number of likely N-dealkylation sites (tertiary alicyclic amines) is 1. The van der Waals surface area contributed by atoms with Gasteiger partial charge >= 0.3 is 0 Å². The number of thioether (sulfide) groups is 1. The number of hydrogen-bond donors (Lipinski definition) is 1. The van der Waals surface area contributed by atoms with Gasteiger partial charge in [-0.25, -0.2) is 0 Å². The Morgan fingerprint density at radius 3 is 2.26 bits per heavy atom. The maximum Gasteiger partial charge on any atom is 0.247 e. The van der Waals surface area contributed by atoms with Gasteiger partial charge in [-0.15, -0.1) is 24.9 Å². The maximum atomic E-state index is 14.5. The van der Waals surface area contributed by atoms with Crippen molar-refractivity contribution in [3.05, 3.63) is 25.3 Å². The van der Waals surface area contributed by atoms with Gasteiger partial charge in [0.05, 0.1) is 29.2 Å². The van der Waals surface area contributed by atoms with E-state index in [0.717, 1.165) is 32.1 Å². The molecule has 0 aromatic rings. The van der Waals surface area contributed by atoms with Gasteiger partial charge in [0.2, 0.25) is 17.7 Å². The van der Waals surface area contributed by atoms with Gasteiger partial charge in [-0.05, 0) is 38.5 Å². The molecule has 2 unspecified atom stereocenters. The molecule has 3 aliphatic heterocycles. The third kappa shape index (κ3) is 5.07. The summed E-state index contributed by atoms with van der Waals surface area (Å²) in [5.41, 5.74) is 0. The quantitative estimate of drug-likeness (QED) is 0.312. The van der Waals surface area contributed by atoms with Crippen LogP contribution >= 0.6 is 11.8 Å². The van der Waals surface area contributed by atoms with Gasteiger partial charge in [-0.3, -0.25) is 14.4 Å². The van der Waals surface area contributed by atoms with Crippen LogP contribution in [0.5, 0.6) is 0 Å². The van der Waals surface area contributed by atoms with Crippen molar-refractivity contribution in [2.24, 2.45) is 17.8 Å². The van der Waals surface area contributed by atoms with Gasteiger partial charge in [0.25, 0.3) is 0 Å². The minimum absolute atomic E-state index is 0.00672. The lowest BCUT2D eigenvalue weighted by Gasteiger charge is -2.41. The second-order valence-electron chi connectivity index (χ2n) is 11.6. The molecule has 0 radical (unpaired) electrons. The Kier molecular flexibility index (Phi) is 10.2. The molecular weight excluding hydrogens is 498 g/mol. The van der Waals surface area contributed by atoms with Gasteiger partial charge in [-0.1, -0.05) is 52.7 Å². The summed E-state index contributed by atoms with van der Waals surface area (Å²) in [6.07, 6.45) is 8.40. The molecule has 214 valence electrons. The molecule has 1 spiro atoms. The summed E-state index contributed by atoms with van der Waals surface area (Å²) in [5, 5.41) is 10.5. The predicted molar refractivity (Wildman–Crippen MR) is 155 cm³/mol. The smallest absolute Gasteiger partial charge is 0.247 e. The van der Waals surface area contributed by atoms with Gasteiger partial charge in [0, 0.05) is 30.9 Å². The van der Waals surface area contributed by atoms with Crippen LogP contribution in [-0.4, -0.2) is 91.9 Å². The van der Waals surface area contributed by atoms with E-state index < -0.39 is 33.4 Å². The van der Waals surface area contributed by atoms with Crippen molar-refractivity contribution in [2.45, 2.75) is 94.7 Å². The van der Waals surface area contributed by atoms with Crippen molar-refractivity contribution < 1.29 is 19.5 Å². The monoisotopic (exact) mass is 547 g/mol. The lowest BCUT2D eigenvalue weighted by atomic mass is 9.66. The molecule has 0 aromatic carbocycles. The van der Waals surface area contributed by atoms with Crippen LogP contribution in [0.1, 0.15) is 73.1 Å². The first-order valence-electron chi connectivity index (χ1n) is 14.5. The van der Waals surface area contributed by atoms with Gasteiger partial charge in [0.15, 0.2) is 0 Å². The predicted octanol–water partition coefficient (Wildman–Crippen LogP) is 4.11. The van der Waals surface area contributed by atoms with Crippen LogP contribution in [0.4, 0.5) is 0 Å². The minimum atomic E-state index is -0.702. The molecule has 3 rings (SSSR count). The Hall–Kier alpha value is -1.80. The summed E-state index contributed by atoms with van der Waals surface area (Å²) in [6.45, 7) is 19.9. The van der Waals surface area contributed by atoms with Crippen LogP contribution in [0.2, 0.25) is 0 Å². The summed E-state index contributed by atoms with van der Waals surface area (Å²) >= 11 is 1.70. The van der Waals surface area contributed by atoms with Crippen molar-refractivity contribution in [2.75, 3.05) is 32.8 Å². The van der Waals surface area contributed by atoms with Crippen molar-refractivity contribution in [1.82, 2.24) is 14.7 Å². The zero-order valence-electron chi connectivity index (χ0n) is 24.2. The average Bonchev–Trinajstić information content (AvgIpc) is 3.47. The molecule has 3 amide bonds. The van der Waals surface area contributed by atoms with Crippen LogP contribution < -0.4 is 0 Å². The van der Waals surface area contributed by atoms with Crippen molar-refractivity contribution in [1.29, 1.82) is 0 Å². The largest absolute Gasteiger partial charge is 0.394 e. The summed E-state index contributed by atoms with van der Waals surface area (Å²) in [7, 11) is 0. The third-order valence-electron chi connectivity index (χ3n) is 9.16. The Labute approximate surface area is 234 Å². The highest BCUT2D eigenvalue weighted by Crippen LogP contribution is 2.72. The molecule has 7 atom stereocenters. The number of nitrogens with zero attached hydrogens (tertiary/aromatic N) is 3. The molecule has 8 heteroatoms. The number of fused-ring (bicyclic) bond motifs is 1. The first kappa shape index (κ1) is 30.7. The summed E-state index contributed by atoms with van der Waals surface area (Å²) in [4.78, 5) is 48.5. The van der Waals surface area contributed by atoms with Crippen LogP contribution in [0, 0.1) is 17.8 Å². The Bertz CT molecular complexity index is 912. The number of unbranched alkanes of at least 4 members (excludes halogenated alkanes) is 1. The van der Waals surface area contributed by atoms with E-state index in [1.165, 1.54) is 0 Å². The topological polar surface area (TPSA) is 81.2 Å². The molecule has 7 nitrogen and oxygen atoms in total. The zero-order valence-corrected chi connectivity index (χ0v) is 25.0. The molecule has 0 saturated carbocycles. The first-order chi connectivity index (χ1) is 18.1.